The van der Waals surface area contributed by atoms with E-state index in [2.05, 4.69) is 5.32 Å². The van der Waals surface area contributed by atoms with Crippen LogP contribution in [0.15, 0.2) is 0 Å². The number of hydrogen-bond donors (Lipinski definition) is 2. The Hall–Kier alpha value is -1.30. The number of alkyl carbamates (subject to hydrolysis) is 1. The molecular weight excluding hydrogens is 238 g/mol. The van der Waals surface area contributed by atoms with Crippen LogP contribution in [0.4, 0.5) is 4.79 Å². The maximum Gasteiger partial charge on any atom is 0.408 e. The van der Waals surface area contributed by atoms with Gasteiger partial charge in [-0.05, 0) is 33.6 Å². The van der Waals surface area contributed by atoms with Gasteiger partial charge in [0.15, 0.2) is 0 Å². The topological polar surface area (TPSA) is 84.9 Å². The zero-order chi connectivity index (χ0) is 14.0. The van der Waals surface area contributed by atoms with Crippen LogP contribution in [0.1, 0.15) is 40.0 Å². The van der Waals surface area contributed by atoms with Crippen LogP contribution in [-0.4, -0.2) is 41.5 Å². The van der Waals surface area contributed by atoms with E-state index in [-0.39, 0.29) is 12.5 Å². The Kier molecular flexibility index (Phi) is 4.21. The summed E-state index contributed by atoms with van der Waals surface area (Å²) in [5, 5.41) is 11.6. The van der Waals surface area contributed by atoms with E-state index in [1.54, 1.807) is 20.8 Å². The smallest absolute Gasteiger partial charge is 0.408 e. The number of methoxy groups -OCH3 is 1. The molecule has 0 spiro atoms. The first-order valence-electron chi connectivity index (χ1n) is 5.94. The van der Waals surface area contributed by atoms with Gasteiger partial charge in [0.2, 0.25) is 0 Å². The third-order valence-corrected chi connectivity index (χ3v) is 2.97. The summed E-state index contributed by atoms with van der Waals surface area (Å²) >= 11 is 0. The van der Waals surface area contributed by atoms with Crippen LogP contribution in [0.2, 0.25) is 0 Å². The monoisotopic (exact) mass is 259 g/mol. The van der Waals surface area contributed by atoms with Crippen molar-refractivity contribution in [2.45, 2.75) is 57.3 Å². The molecule has 0 bridgehead atoms. The second-order valence-corrected chi connectivity index (χ2v) is 5.62. The minimum absolute atomic E-state index is 0.162. The molecule has 1 rings (SSSR count). The van der Waals surface area contributed by atoms with Crippen LogP contribution < -0.4 is 5.32 Å². The number of amides is 1. The third kappa shape index (κ3) is 3.60. The lowest BCUT2D eigenvalue weighted by Crippen LogP contribution is -2.65. The number of carbonyl (C=O) groups is 2. The Morgan fingerprint density at radius 1 is 1.44 bits per heavy atom. The fraction of sp³-hybridized carbons (Fsp3) is 0.833. The van der Waals surface area contributed by atoms with Gasteiger partial charge in [-0.2, -0.15) is 0 Å². The van der Waals surface area contributed by atoms with Crippen molar-refractivity contribution in [1.29, 1.82) is 0 Å². The average molecular weight is 259 g/mol. The molecule has 0 aromatic carbocycles. The average Bonchev–Trinajstić information content (AvgIpc) is 2.11. The number of carboxylic acids is 1. The number of rotatable bonds is 4. The van der Waals surface area contributed by atoms with E-state index in [1.807, 2.05) is 0 Å². The number of carbonyl (C=O) groups excluding carboxylic acids is 1. The first-order chi connectivity index (χ1) is 8.18. The van der Waals surface area contributed by atoms with Crippen molar-refractivity contribution in [3.05, 3.63) is 0 Å². The van der Waals surface area contributed by atoms with E-state index < -0.39 is 23.2 Å². The summed E-state index contributed by atoms with van der Waals surface area (Å²) in [6, 6.07) is 0. The highest BCUT2D eigenvalue weighted by molar-refractivity contribution is 5.73. The molecular formula is C12H21NO5. The number of carboxylic acid groups (broad SMARTS) is 1. The second kappa shape index (κ2) is 5.14. The van der Waals surface area contributed by atoms with Crippen LogP contribution in [-0.2, 0) is 14.3 Å². The molecule has 104 valence electrons. The van der Waals surface area contributed by atoms with Gasteiger partial charge >= 0.3 is 12.1 Å². The van der Waals surface area contributed by atoms with E-state index >= 15 is 0 Å². The first kappa shape index (κ1) is 14.8. The highest BCUT2D eigenvalue weighted by Crippen LogP contribution is 2.37. The molecule has 2 N–H and O–H groups in total. The van der Waals surface area contributed by atoms with Crippen LogP contribution >= 0.6 is 0 Å². The van der Waals surface area contributed by atoms with Gasteiger partial charge < -0.3 is 19.9 Å². The summed E-state index contributed by atoms with van der Waals surface area (Å²) < 4.78 is 10.3. The maximum atomic E-state index is 11.7. The Labute approximate surface area is 107 Å². The molecule has 1 aliphatic rings. The van der Waals surface area contributed by atoms with Gasteiger partial charge in [-0.25, -0.2) is 4.79 Å². The summed E-state index contributed by atoms with van der Waals surface area (Å²) in [5.41, 5.74) is -1.45. The second-order valence-electron chi connectivity index (χ2n) is 5.62. The van der Waals surface area contributed by atoms with Crippen molar-refractivity contribution in [3.63, 3.8) is 0 Å². The largest absolute Gasteiger partial charge is 0.481 e. The molecule has 1 fully saturated rings. The summed E-state index contributed by atoms with van der Waals surface area (Å²) in [5.74, 6) is -0.965. The van der Waals surface area contributed by atoms with E-state index in [0.29, 0.717) is 6.42 Å². The molecule has 0 heterocycles. The molecule has 0 radical (unpaired) electrons. The lowest BCUT2D eigenvalue weighted by molar-refractivity contribution is -0.144. The van der Waals surface area contributed by atoms with Crippen molar-refractivity contribution in [2.75, 3.05) is 7.11 Å². The van der Waals surface area contributed by atoms with Crippen LogP contribution in [0.5, 0.6) is 0 Å². The number of hydrogen-bond acceptors (Lipinski definition) is 4. The fourth-order valence-electron chi connectivity index (χ4n) is 2.12. The van der Waals surface area contributed by atoms with Crippen molar-refractivity contribution in [3.8, 4) is 0 Å². The van der Waals surface area contributed by atoms with Crippen molar-refractivity contribution < 1.29 is 24.2 Å². The maximum absolute atomic E-state index is 11.7. The summed E-state index contributed by atoms with van der Waals surface area (Å²) in [4.78, 5) is 22.6. The van der Waals surface area contributed by atoms with E-state index in [9.17, 15) is 9.59 Å². The highest BCUT2D eigenvalue weighted by Gasteiger charge is 2.50. The molecule has 0 aromatic rings. The Balaban J connectivity index is 2.68. The van der Waals surface area contributed by atoms with Crippen molar-refractivity contribution >= 4 is 12.1 Å². The molecule has 0 aromatic heterocycles. The molecule has 0 aliphatic heterocycles. The SMILES string of the molecule is COC1CCC1(CC(=O)O)NC(=O)OC(C)(C)C. The predicted octanol–water partition coefficient (Wildman–Crippen LogP) is 1.53. The fourth-order valence-corrected chi connectivity index (χ4v) is 2.12. The lowest BCUT2D eigenvalue weighted by atomic mass is 9.71. The zero-order valence-electron chi connectivity index (χ0n) is 11.3. The minimum Gasteiger partial charge on any atom is -0.481 e. The van der Waals surface area contributed by atoms with E-state index in [0.717, 1.165) is 6.42 Å². The number of aliphatic carboxylic acids is 1. The summed E-state index contributed by atoms with van der Waals surface area (Å²) in [7, 11) is 1.51. The Bertz CT molecular complexity index is 334. The van der Waals surface area contributed by atoms with Gasteiger partial charge in [0.1, 0.15) is 5.60 Å². The number of nitrogens with one attached hydrogen (secondary N) is 1. The van der Waals surface area contributed by atoms with E-state index in [4.69, 9.17) is 14.6 Å². The Morgan fingerprint density at radius 3 is 2.39 bits per heavy atom. The van der Waals surface area contributed by atoms with Crippen LogP contribution in [0, 0.1) is 0 Å². The lowest BCUT2D eigenvalue weighted by Gasteiger charge is -2.48. The summed E-state index contributed by atoms with van der Waals surface area (Å²) in [6.45, 7) is 5.26. The van der Waals surface area contributed by atoms with Gasteiger partial charge in [-0.15, -0.1) is 0 Å². The Morgan fingerprint density at radius 2 is 2.06 bits per heavy atom. The summed E-state index contributed by atoms with van der Waals surface area (Å²) in [6.07, 6.45) is 0.271. The molecule has 6 nitrogen and oxygen atoms in total. The first-order valence-corrected chi connectivity index (χ1v) is 5.94. The molecule has 0 saturated heterocycles. The molecule has 6 heteroatoms. The standard InChI is InChI=1S/C12H21NO5/c1-11(2,3)18-10(16)13-12(7-9(14)15)6-5-8(12)17-4/h8H,5-7H2,1-4H3,(H,13,16)(H,14,15). The van der Waals surface area contributed by atoms with Gasteiger partial charge in [0, 0.05) is 7.11 Å². The highest BCUT2D eigenvalue weighted by atomic mass is 16.6. The number of ether oxygens (including phenoxy) is 2. The normalized spacial score (nSPS) is 27.2. The van der Waals surface area contributed by atoms with Crippen molar-refractivity contribution in [2.24, 2.45) is 0 Å². The zero-order valence-corrected chi connectivity index (χ0v) is 11.3. The van der Waals surface area contributed by atoms with E-state index in [1.165, 1.54) is 7.11 Å². The molecule has 18 heavy (non-hydrogen) atoms. The molecule has 1 amide bonds. The molecule has 2 unspecified atom stereocenters. The van der Waals surface area contributed by atoms with Gasteiger partial charge in [-0.3, -0.25) is 4.79 Å². The van der Waals surface area contributed by atoms with Crippen molar-refractivity contribution in [1.82, 2.24) is 5.32 Å². The van der Waals surface area contributed by atoms with Crippen LogP contribution in [0.3, 0.4) is 0 Å². The molecule has 2 atom stereocenters. The van der Waals surface area contributed by atoms with Crippen LogP contribution in [0.25, 0.3) is 0 Å². The third-order valence-electron chi connectivity index (χ3n) is 2.97. The minimum atomic E-state index is -0.965. The molecule has 1 aliphatic carbocycles. The quantitative estimate of drug-likeness (QED) is 0.799. The van der Waals surface area contributed by atoms with Gasteiger partial charge in [-0.1, -0.05) is 0 Å². The van der Waals surface area contributed by atoms with Gasteiger partial charge in [0.25, 0.3) is 0 Å². The molecule has 1 saturated carbocycles. The van der Waals surface area contributed by atoms with Gasteiger partial charge in [0.05, 0.1) is 18.1 Å². The predicted molar refractivity (Wildman–Crippen MR) is 64.4 cm³/mol.